The van der Waals surface area contributed by atoms with Crippen LogP contribution >= 0.6 is 15.9 Å². The van der Waals surface area contributed by atoms with E-state index in [1.54, 1.807) is 24.3 Å². The molecule has 1 aliphatic rings. The lowest BCUT2D eigenvalue weighted by atomic mass is 9.71. The molecule has 3 heteroatoms. The van der Waals surface area contributed by atoms with Gasteiger partial charge in [0.25, 0.3) is 0 Å². The van der Waals surface area contributed by atoms with E-state index in [2.05, 4.69) is 42.2 Å². The molecule has 0 aliphatic heterocycles. The molecule has 2 atom stereocenters. The molecule has 3 aromatic carbocycles. The lowest BCUT2D eigenvalue weighted by molar-refractivity contribution is 0.0580. The molecule has 186 valence electrons. The molecule has 0 spiro atoms. The van der Waals surface area contributed by atoms with Crippen LogP contribution in [0.25, 0.3) is 24.3 Å². The van der Waals surface area contributed by atoms with Crippen LogP contribution in [0.15, 0.2) is 110 Å². The van der Waals surface area contributed by atoms with E-state index in [1.807, 2.05) is 78.9 Å². The minimum absolute atomic E-state index is 0.271. The first kappa shape index (κ1) is 26.6. The highest BCUT2D eigenvalue weighted by atomic mass is 79.9. The molecule has 2 unspecified atom stereocenters. The second-order valence-corrected chi connectivity index (χ2v) is 10.0. The van der Waals surface area contributed by atoms with Crippen molar-refractivity contribution in [3.63, 3.8) is 0 Å². The van der Waals surface area contributed by atoms with Gasteiger partial charge in [-0.05, 0) is 44.5 Å². The largest absolute Gasteiger partial charge is 0.380 e. The van der Waals surface area contributed by atoms with Crippen LogP contribution in [0.2, 0.25) is 0 Å². The van der Waals surface area contributed by atoms with Crippen LogP contribution in [0.5, 0.6) is 0 Å². The third-order valence-corrected chi connectivity index (χ3v) is 7.71. The summed E-state index contributed by atoms with van der Waals surface area (Å²) in [6.07, 6.45) is 13.4. The third-order valence-electron chi connectivity index (χ3n) is 7.12. The summed E-state index contributed by atoms with van der Waals surface area (Å²) in [5, 5.41) is 25.3. The van der Waals surface area contributed by atoms with Crippen molar-refractivity contribution in [3.8, 4) is 0 Å². The van der Waals surface area contributed by atoms with Gasteiger partial charge in [-0.25, -0.2) is 0 Å². The Morgan fingerprint density at radius 1 is 0.622 bits per heavy atom. The summed E-state index contributed by atoms with van der Waals surface area (Å²) in [7, 11) is 0. The van der Waals surface area contributed by atoms with Crippen LogP contribution in [0.1, 0.15) is 57.3 Å². The average Bonchev–Trinajstić information content (AvgIpc) is 2.94. The molecule has 4 rings (SSSR count). The zero-order valence-electron chi connectivity index (χ0n) is 20.8. The van der Waals surface area contributed by atoms with E-state index in [9.17, 15) is 10.2 Å². The number of allylic oxidation sites excluding steroid dienone is 2. The highest BCUT2D eigenvalue weighted by Gasteiger charge is 2.42. The zero-order valence-corrected chi connectivity index (χ0v) is 22.4. The van der Waals surface area contributed by atoms with E-state index < -0.39 is 11.2 Å². The van der Waals surface area contributed by atoms with Crippen molar-refractivity contribution in [2.75, 3.05) is 0 Å². The Bertz CT molecular complexity index is 1440. The minimum Gasteiger partial charge on any atom is -0.380 e. The molecule has 2 N–H and O–H groups in total. The fraction of sp³-hybridized carbons (Fsp3) is 0.118. The van der Waals surface area contributed by atoms with Crippen molar-refractivity contribution in [2.45, 2.75) is 24.0 Å². The first-order valence-corrected chi connectivity index (χ1v) is 13.0. The molecular formula is C34H31BrO2. The summed E-state index contributed by atoms with van der Waals surface area (Å²) in [6.45, 7) is 15.9. The summed E-state index contributed by atoms with van der Waals surface area (Å²) in [4.78, 5) is 0. The molecule has 2 nitrogen and oxygen atoms in total. The fourth-order valence-corrected chi connectivity index (χ4v) is 5.64. The topological polar surface area (TPSA) is 40.5 Å². The normalized spacial score (nSPS) is 23.6. The minimum atomic E-state index is -1.47. The molecule has 0 saturated heterocycles. The van der Waals surface area contributed by atoms with E-state index in [4.69, 9.17) is 0 Å². The van der Waals surface area contributed by atoms with E-state index in [-0.39, 0.29) is 12.8 Å². The number of rotatable bonds is 6. The molecule has 0 amide bonds. The van der Waals surface area contributed by atoms with Gasteiger partial charge in [0, 0.05) is 17.3 Å². The highest BCUT2D eigenvalue weighted by Crippen LogP contribution is 2.46. The van der Waals surface area contributed by atoms with Crippen LogP contribution < -0.4 is 0 Å². The van der Waals surface area contributed by atoms with Gasteiger partial charge in [0.2, 0.25) is 0 Å². The summed E-state index contributed by atoms with van der Waals surface area (Å²) in [5.74, 6) is 0. The second-order valence-electron chi connectivity index (χ2n) is 9.10. The Labute approximate surface area is 228 Å². The first-order chi connectivity index (χ1) is 17.8. The summed E-state index contributed by atoms with van der Waals surface area (Å²) in [5.41, 5.74) is 3.06. The van der Waals surface area contributed by atoms with Crippen molar-refractivity contribution in [2.24, 2.45) is 0 Å². The Morgan fingerprint density at radius 3 is 1.54 bits per heavy atom. The third kappa shape index (κ3) is 4.67. The Balaban J connectivity index is 2.13. The molecular weight excluding hydrogens is 520 g/mol. The quantitative estimate of drug-likeness (QED) is 0.323. The van der Waals surface area contributed by atoms with Crippen LogP contribution in [0.4, 0.5) is 0 Å². The maximum atomic E-state index is 12.7. The van der Waals surface area contributed by atoms with E-state index in [0.717, 1.165) is 26.7 Å². The first-order valence-electron chi connectivity index (χ1n) is 12.2. The number of aliphatic hydroxyl groups is 2. The van der Waals surface area contributed by atoms with Crippen LogP contribution in [0, 0.1) is 0 Å². The van der Waals surface area contributed by atoms with Crippen LogP contribution in [-0.2, 0) is 11.2 Å². The van der Waals surface area contributed by atoms with E-state index in [0.29, 0.717) is 22.3 Å². The van der Waals surface area contributed by atoms with Crippen LogP contribution in [0.3, 0.4) is 0 Å². The van der Waals surface area contributed by atoms with Gasteiger partial charge in [-0.2, -0.15) is 0 Å². The maximum Gasteiger partial charge on any atom is 0.119 e. The SMILES string of the molecule is C=Cc1cccc(C2(O)C/C=C\C(Br)=C/CC(O)(c3cccc(C=C)c3C=C)c3ccccc32)c1C=C. The summed E-state index contributed by atoms with van der Waals surface area (Å²) >= 11 is 3.62. The standard InChI is InChI=1S/C34H31BrO2/c1-5-24-14-11-19-29(27(24)7-3)33(36)22-13-16-26(35)21-23-34(37,32-18-10-9-17-31(32)33)30-20-12-15-25(6-2)28(30)8-4/h5-21,36-37H,1-4,22-23H2/b16-13-,26-21+. The highest BCUT2D eigenvalue weighted by molar-refractivity contribution is 9.11. The van der Waals surface area contributed by atoms with Gasteiger partial charge in [-0.15, -0.1) is 0 Å². The van der Waals surface area contributed by atoms with E-state index >= 15 is 0 Å². The van der Waals surface area contributed by atoms with Gasteiger partial charge in [0.15, 0.2) is 0 Å². The van der Waals surface area contributed by atoms with Gasteiger partial charge in [0.05, 0.1) is 0 Å². The number of hydrogen-bond acceptors (Lipinski definition) is 2. The average molecular weight is 552 g/mol. The Kier molecular flexibility index (Phi) is 7.79. The van der Waals surface area contributed by atoms with Crippen LogP contribution in [-0.4, -0.2) is 10.2 Å². The summed E-state index contributed by atoms with van der Waals surface area (Å²) < 4.78 is 0.816. The van der Waals surface area contributed by atoms with Gasteiger partial charge in [-0.1, -0.05) is 145 Å². The number of halogens is 1. The molecule has 0 fully saturated rings. The molecule has 37 heavy (non-hydrogen) atoms. The van der Waals surface area contributed by atoms with Crippen molar-refractivity contribution < 1.29 is 10.2 Å². The second kappa shape index (κ2) is 10.9. The number of hydrogen-bond donors (Lipinski definition) is 2. The predicted molar refractivity (Wildman–Crippen MR) is 161 cm³/mol. The molecule has 0 aromatic heterocycles. The zero-order chi connectivity index (χ0) is 26.6. The maximum absolute atomic E-state index is 12.7. The molecule has 1 aliphatic carbocycles. The lowest BCUT2D eigenvalue weighted by Gasteiger charge is -2.38. The molecule has 0 bridgehead atoms. The van der Waals surface area contributed by atoms with Crippen molar-refractivity contribution in [1.29, 1.82) is 0 Å². The molecule has 3 aromatic rings. The van der Waals surface area contributed by atoms with Crippen molar-refractivity contribution in [3.05, 3.63) is 154 Å². The smallest absolute Gasteiger partial charge is 0.119 e. The summed E-state index contributed by atoms with van der Waals surface area (Å²) in [6, 6.07) is 19.1. The van der Waals surface area contributed by atoms with Gasteiger partial charge < -0.3 is 10.2 Å². The lowest BCUT2D eigenvalue weighted by Crippen LogP contribution is -2.36. The predicted octanol–water partition coefficient (Wildman–Crippen LogP) is 8.36. The molecule has 0 radical (unpaired) electrons. The van der Waals surface area contributed by atoms with Gasteiger partial charge >= 0.3 is 0 Å². The fourth-order valence-electron chi connectivity index (χ4n) is 5.29. The Morgan fingerprint density at radius 2 is 1.08 bits per heavy atom. The van der Waals surface area contributed by atoms with Gasteiger partial charge in [0.1, 0.15) is 11.2 Å². The number of fused-ring (bicyclic) bond motifs is 1. The van der Waals surface area contributed by atoms with Crippen molar-refractivity contribution >= 4 is 40.2 Å². The molecule has 0 saturated carbocycles. The van der Waals surface area contributed by atoms with Crippen molar-refractivity contribution in [1.82, 2.24) is 0 Å². The molecule has 0 heterocycles. The van der Waals surface area contributed by atoms with Gasteiger partial charge in [-0.3, -0.25) is 0 Å². The monoisotopic (exact) mass is 550 g/mol. The van der Waals surface area contributed by atoms with E-state index in [1.165, 1.54) is 0 Å². The Hall–Kier alpha value is -3.50. The number of benzene rings is 3.